The Bertz CT molecular complexity index is 322. The maximum Gasteiger partial charge on any atom is 0.145 e. The summed E-state index contributed by atoms with van der Waals surface area (Å²) in [7, 11) is 0. The summed E-state index contributed by atoms with van der Waals surface area (Å²) in [5.74, 6) is 1.39. The predicted molar refractivity (Wildman–Crippen MR) is 54.6 cm³/mol. The lowest BCUT2D eigenvalue weighted by Crippen LogP contribution is -2.07. The molecule has 1 aliphatic carbocycles. The van der Waals surface area contributed by atoms with Gasteiger partial charge in [-0.1, -0.05) is 19.0 Å². The van der Waals surface area contributed by atoms with Crippen LogP contribution in [0.5, 0.6) is 0 Å². The Kier molecular flexibility index (Phi) is 2.80. The molecule has 0 amide bonds. The Hall–Kier alpha value is -0.870. The zero-order chi connectivity index (χ0) is 11.0. The number of nitrogens with zero attached hydrogens (tertiary/aromatic N) is 1. The van der Waals surface area contributed by atoms with Crippen molar-refractivity contribution in [3.8, 4) is 0 Å². The van der Waals surface area contributed by atoms with Crippen LogP contribution in [0.15, 0.2) is 4.52 Å². The van der Waals surface area contributed by atoms with Crippen LogP contribution < -0.4 is 0 Å². The molecule has 1 unspecified atom stereocenters. The Morgan fingerprint density at radius 2 is 2.13 bits per heavy atom. The maximum absolute atomic E-state index is 9.76. The molecule has 0 radical (unpaired) electrons. The van der Waals surface area contributed by atoms with Crippen LogP contribution in [0.1, 0.15) is 61.6 Å². The molecule has 0 bridgehead atoms. The lowest BCUT2D eigenvalue weighted by atomic mass is 9.98. The van der Waals surface area contributed by atoms with Gasteiger partial charge in [0.15, 0.2) is 0 Å². The fourth-order valence-electron chi connectivity index (χ4n) is 1.81. The molecule has 1 aromatic heterocycles. The third-order valence-corrected chi connectivity index (χ3v) is 2.78. The lowest BCUT2D eigenvalue weighted by Gasteiger charge is -2.10. The molecule has 1 aromatic rings. The van der Waals surface area contributed by atoms with Crippen molar-refractivity contribution in [2.24, 2.45) is 0 Å². The van der Waals surface area contributed by atoms with Crippen molar-refractivity contribution in [1.29, 1.82) is 0 Å². The van der Waals surface area contributed by atoms with Crippen molar-refractivity contribution < 1.29 is 14.7 Å². The average Bonchev–Trinajstić information content (AvgIpc) is 2.95. The second-order valence-corrected chi connectivity index (χ2v) is 4.47. The Morgan fingerprint density at radius 3 is 2.60 bits per heavy atom. The zero-order valence-corrected chi connectivity index (χ0v) is 9.10. The van der Waals surface area contributed by atoms with Crippen LogP contribution in [-0.2, 0) is 0 Å². The number of rotatable bonds is 4. The fraction of sp³-hybridized carbons (Fsp3) is 0.727. The minimum absolute atomic E-state index is 0.206. The molecule has 2 N–H and O–H groups in total. The second kappa shape index (κ2) is 3.94. The van der Waals surface area contributed by atoms with Crippen LogP contribution >= 0.6 is 0 Å². The highest BCUT2D eigenvalue weighted by atomic mass is 16.5. The molecule has 1 aliphatic rings. The average molecular weight is 211 g/mol. The van der Waals surface area contributed by atoms with Crippen molar-refractivity contribution in [1.82, 2.24) is 5.16 Å². The summed E-state index contributed by atoms with van der Waals surface area (Å²) in [6.45, 7) is 3.73. The fourth-order valence-corrected chi connectivity index (χ4v) is 1.81. The lowest BCUT2D eigenvalue weighted by molar-refractivity contribution is 0.0932. The Labute approximate surface area is 88.9 Å². The van der Waals surface area contributed by atoms with E-state index in [1.807, 2.05) is 13.8 Å². The SMILES string of the molecule is CC(C)c1noc(C2CC2)c1C(O)CO. The molecule has 4 nitrogen and oxygen atoms in total. The van der Waals surface area contributed by atoms with Crippen LogP contribution in [0.4, 0.5) is 0 Å². The van der Waals surface area contributed by atoms with Gasteiger partial charge in [-0.05, 0) is 18.8 Å². The number of hydrogen-bond acceptors (Lipinski definition) is 4. The van der Waals surface area contributed by atoms with E-state index in [4.69, 9.17) is 9.63 Å². The van der Waals surface area contributed by atoms with E-state index in [2.05, 4.69) is 5.16 Å². The highest BCUT2D eigenvalue weighted by Gasteiger charge is 2.34. The molecule has 0 aromatic carbocycles. The van der Waals surface area contributed by atoms with Gasteiger partial charge >= 0.3 is 0 Å². The molecule has 0 aliphatic heterocycles. The van der Waals surface area contributed by atoms with Gasteiger partial charge in [0, 0.05) is 11.5 Å². The number of aliphatic hydroxyl groups is 2. The first kappa shape index (κ1) is 10.6. The topological polar surface area (TPSA) is 66.5 Å². The van der Waals surface area contributed by atoms with Crippen LogP contribution in [0.2, 0.25) is 0 Å². The van der Waals surface area contributed by atoms with E-state index in [0.717, 1.165) is 29.9 Å². The molecular formula is C11H17NO3. The monoisotopic (exact) mass is 211 g/mol. The van der Waals surface area contributed by atoms with Gasteiger partial charge < -0.3 is 14.7 Å². The largest absolute Gasteiger partial charge is 0.393 e. The normalized spacial score (nSPS) is 18.5. The van der Waals surface area contributed by atoms with E-state index in [1.54, 1.807) is 0 Å². The number of aliphatic hydroxyl groups excluding tert-OH is 2. The summed E-state index contributed by atoms with van der Waals surface area (Å²) >= 11 is 0. The second-order valence-electron chi connectivity index (χ2n) is 4.47. The molecule has 1 heterocycles. The first-order chi connectivity index (χ1) is 7.15. The number of aromatic nitrogens is 1. The summed E-state index contributed by atoms with van der Waals surface area (Å²) in [6, 6.07) is 0. The van der Waals surface area contributed by atoms with Crippen LogP contribution in [0, 0.1) is 0 Å². The minimum Gasteiger partial charge on any atom is -0.393 e. The van der Waals surface area contributed by atoms with Gasteiger partial charge in [-0.15, -0.1) is 0 Å². The predicted octanol–water partition coefficient (Wildman–Crippen LogP) is 1.70. The van der Waals surface area contributed by atoms with E-state index in [0.29, 0.717) is 5.92 Å². The third kappa shape index (κ3) is 1.92. The molecule has 4 heteroatoms. The zero-order valence-electron chi connectivity index (χ0n) is 9.10. The molecule has 1 fully saturated rings. The van der Waals surface area contributed by atoms with Gasteiger partial charge in [0.05, 0.1) is 12.3 Å². The standard InChI is InChI=1S/C11H17NO3/c1-6(2)10-9(8(14)5-13)11(15-12-10)7-3-4-7/h6-8,13-14H,3-5H2,1-2H3. The van der Waals surface area contributed by atoms with Crippen LogP contribution in [0.3, 0.4) is 0 Å². The van der Waals surface area contributed by atoms with Crippen LogP contribution in [-0.4, -0.2) is 22.0 Å². The van der Waals surface area contributed by atoms with Crippen LogP contribution in [0.25, 0.3) is 0 Å². The van der Waals surface area contributed by atoms with Crippen molar-refractivity contribution in [3.05, 3.63) is 17.0 Å². The molecule has 0 spiro atoms. The van der Waals surface area contributed by atoms with Crippen molar-refractivity contribution in [2.75, 3.05) is 6.61 Å². The van der Waals surface area contributed by atoms with E-state index >= 15 is 0 Å². The highest BCUT2D eigenvalue weighted by molar-refractivity contribution is 5.32. The van der Waals surface area contributed by atoms with Gasteiger partial charge in [0.25, 0.3) is 0 Å². The summed E-state index contributed by atoms with van der Waals surface area (Å²) in [5.41, 5.74) is 1.49. The van der Waals surface area contributed by atoms with Crippen molar-refractivity contribution in [2.45, 2.75) is 44.6 Å². The molecule has 2 rings (SSSR count). The summed E-state index contributed by atoms with van der Waals surface area (Å²) in [4.78, 5) is 0. The molecule has 15 heavy (non-hydrogen) atoms. The van der Waals surface area contributed by atoms with Gasteiger partial charge in [0.1, 0.15) is 11.9 Å². The summed E-state index contributed by atoms with van der Waals surface area (Å²) < 4.78 is 5.28. The summed E-state index contributed by atoms with van der Waals surface area (Å²) in [5, 5.41) is 22.8. The first-order valence-electron chi connectivity index (χ1n) is 5.43. The Morgan fingerprint density at radius 1 is 1.47 bits per heavy atom. The quantitative estimate of drug-likeness (QED) is 0.795. The molecule has 1 atom stereocenters. The van der Waals surface area contributed by atoms with Gasteiger partial charge in [0.2, 0.25) is 0 Å². The highest BCUT2D eigenvalue weighted by Crippen LogP contribution is 2.44. The van der Waals surface area contributed by atoms with Crippen molar-refractivity contribution in [3.63, 3.8) is 0 Å². The van der Waals surface area contributed by atoms with E-state index in [-0.39, 0.29) is 12.5 Å². The first-order valence-corrected chi connectivity index (χ1v) is 5.43. The van der Waals surface area contributed by atoms with E-state index in [9.17, 15) is 5.11 Å². The maximum atomic E-state index is 9.76. The minimum atomic E-state index is -0.857. The molecule has 0 saturated heterocycles. The van der Waals surface area contributed by atoms with Gasteiger partial charge in [-0.25, -0.2) is 0 Å². The van der Waals surface area contributed by atoms with Crippen molar-refractivity contribution >= 4 is 0 Å². The van der Waals surface area contributed by atoms with Gasteiger partial charge in [-0.2, -0.15) is 0 Å². The van der Waals surface area contributed by atoms with E-state index in [1.165, 1.54) is 0 Å². The third-order valence-electron chi connectivity index (χ3n) is 2.78. The molecule has 84 valence electrons. The number of hydrogen-bond donors (Lipinski definition) is 2. The Balaban J connectivity index is 2.38. The molecular weight excluding hydrogens is 194 g/mol. The van der Waals surface area contributed by atoms with E-state index < -0.39 is 6.10 Å². The van der Waals surface area contributed by atoms with Gasteiger partial charge in [-0.3, -0.25) is 0 Å². The summed E-state index contributed by atoms with van der Waals surface area (Å²) in [6.07, 6.45) is 1.33. The smallest absolute Gasteiger partial charge is 0.145 e. The molecule has 1 saturated carbocycles.